The molecule has 0 saturated heterocycles. The van der Waals surface area contributed by atoms with Crippen LogP contribution in [-0.4, -0.2) is 28.5 Å². The Kier molecular flexibility index (Phi) is 6.10. The molecular weight excluding hydrogens is 425 g/mol. The number of fused-ring (bicyclic) bond motifs is 1. The molecule has 2 aromatic heterocycles. The molecule has 1 amide bonds. The maximum absolute atomic E-state index is 13.0. The van der Waals surface area contributed by atoms with Crippen LogP contribution in [0.15, 0.2) is 53.9 Å². The number of amides is 1. The number of ether oxygens (including phenoxy) is 1. The smallest absolute Gasteiger partial charge is 0.306 e. The Balaban J connectivity index is 1.23. The van der Waals surface area contributed by atoms with E-state index < -0.39 is 11.9 Å². The fourth-order valence-electron chi connectivity index (χ4n) is 2.69. The van der Waals surface area contributed by atoms with Crippen molar-refractivity contribution >= 4 is 49.9 Å². The molecule has 9 heteroatoms. The molecule has 1 N–H and O–H groups in total. The highest BCUT2D eigenvalue weighted by Crippen LogP contribution is 2.25. The number of hydrogen-bond acceptors (Lipinski definition) is 7. The van der Waals surface area contributed by atoms with Crippen LogP contribution in [-0.2, 0) is 20.7 Å². The van der Waals surface area contributed by atoms with E-state index in [4.69, 9.17) is 4.74 Å². The predicted molar refractivity (Wildman–Crippen MR) is 115 cm³/mol. The van der Waals surface area contributed by atoms with E-state index in [9.17, 15) is 14.0 Å². The first-order valence-corrected chi connectivity index (χ1v) is 10.8. The van der Waals surface area contributed by atoms with Crippen molar-refractivity contribution in [2.75, 3.05) is 11.9 Å². The van der Waals surface area contributed by atoms with Gasteiger partial charge in [-0.25, -0.2) is 14.4 Å². The van der Waals surface area contributed by atoms with E-state index in [-0.39, 0.29) is 18.8 Å². The van der Waals surface area contributed by atoms with Gasteiger partial charge in [0.15, 0.2) is 11.7 Å². The summed E-state index contributed by atoms with van der Waals surface area (Å²) in [5, 5.41) is 5.59. The Morgan fingerprint density at radius 2 is 1.87 bits per heavy atom. The van der Waals surface area contributed by atoms with Gasteiger partial charge in [-0.05, 0) is 36.4 Å². The molecule has 2 heterocycles. The zero-order valence-electron chi connectivity index (χ0n) is 15.6. The Labute approximate surface area is 179 Å². The van der Waals surface area contributed by atoms with Gasteiger partial charge in [0, 0.05) is 17.4 Å². The van der Waals surface area contributed by atoms with Gasteiger partial charge < -0.3 is 4.74 Å². The summed E-state index contributed by atoms with van der Waals surface area (Å²) in [4.78, 5) is 32.7. The summed E-state index contributed by atoms with van der Waals surface area (Å²) in [5.74, 6) is -1.26. The number of aromatic nitrogens is 2. The van der Waals surface area contributed by atoms with Gasteiger partial charge in [0.25, 0.3) is 5.91 Å². The number of nitrogens with one attached hydrogen (secondary N) is 1. The Morgan fingerprint density at radius 1 is 1.07 bits per heavy atom. The van der Waals surface area contributed by atoms with Gasteiger partial charge in [-0.2, -0.15) is 0 Å². The highest BCUT2D eigenvalue weighted by molar-refractivity contribution is 7.18. The minimum Gasteiger partial charge on any atom is -0.456 e. The van der Waals surface area contributed by atoms with Gasteiger partial charge in [0.2, 0.25) is 0 Å². The minimum absolute atomic E-state index is 0.152. The van der Waals surface area contributed by atoms with E-state index in [2.05, 4.69) is 15.3 Å². The Bertz CT molecular complexity index is 1150. The molecule has 0 aliphatic heterocycles. The number of rotatable bonds is 7. The first-order valence-electron chi connectivity index (χ1n) is 9.08. The van der Waals surface area contributed by atoms with E-state index in [1.54, 1.807) is 28.8 Å². The molecule has 0 unspecified atom stereocenters. The molecular formula is C21H16FN3O3S2. The predicted octanol–water partition coefficient (Wildman–Crippen LogP) is 4.67. The molecule has 0 aliphatic carbocycles. The van der Waals surface area contributed by atoms with Crippen LogP contribution < -0.4 is 5.32 Å². The monoisotopic (exact) mass is 441 g/mol. The van der Waals surface area contributed by atoms with Gasteiger partial charge in [-0.3, -0.25) is 14.9 Å². The number of nitrogens with zero attached hydrogens (tertiary/aromatic N) is 2. The van der Waals surface area contributed by atoms with Crippen LogP contribution in [0, 0.1) is 5.82 Å². The van der Waals surface area contributed by atoms with Crippen molar-refractivity contribution in [1.82, 2.24) is 9.97 Å². The van der Waals surface area contributed by atoms with Crippen molar-refractivity contribution in [3.05, 3.63) is 64.7 Å². The third-order valence-corrected chi connectivity index (χ3v) is 5.99. The molecule has 0 atom stereocenters. The van der Waals surface area contributed by atoms with Gasteiger partial charge in [0.1, 0.15) is 5.82 Å². The second-order valence-corrected chi connectivity index (χ2v) is 8.30. The minimum atomic E-state index is -0.469. The van der Waals surface area contributed by atoms with Crippen LogP contribution in [0.3, 0.4) is 0 Å². The van der Waals surface area contributed by atoms with E-state index in [0.29, 0.717) is 17.2 Å². The van der Waals surface area contributed by atoms with Crippen LogP contribution in [0.2, 0.25) is 0 Å². The lowest BCUT2D eigenvalue weighted by molar-refractivity contribution is -0.147. The SMILES string of the molecule is O=C(COC(=O)CCc1nc2ccccc2s1)Nc1nc(-c2ccc(F)cc2)cs1. The summed E-state index contributed by atoms with van der Waals surface area (Å²) in [6.07, 6.45) is 0.617. The number of para-hydroxylation sites is 1. The maximum Gasteiger partial charge on any atom is 0.306 e. The number of anilines is 1. The van der Waals surface area contributed by atoms with Gasteiger partial charge in [0.05, 0.1) is 27.3 Å². The molecule has 0 fully saturated rings. The van der Waals surface area contributed by atoms with Crippen molar-refractivity contribution in [1.29, 1.82) is 0 Å². The normalized spacial score (nSPS) is 10.8. The maximum atomic E-state index is 13.0. The first kappa shape index (κ1) is 20.1. The summed E-state index contributed by atoms with van der Waals surface area (Å²) < 4.78 is 19.1. The van der Waals surface area contributed by atoms with Crippen molar-refractivity contribution in [3.63, 3.8) is 0 Å². The third-order valence-electron chi connectivity index (χ3n) is 4.14. The fourth-order valence-corrected chi connectivity index (χ4v) is 4.40. The van der Waals surface area contributed by atoms with Crippen LogP contribution in [0.5, 0.6) is 0 Å². The van der Waals surface area contributed by atoms with E-state index in [1.807, 2.05) is 24.3 Å². The molecule has 4 aromatic rings. The van der Waals surface area contributed by atoms with Gasteiger partial charge in [-0.1, -0.05) is 12.1 Å². The van der Waals surface area contributed by atoms with Crippen LogP contribution in [0.1, 0.15) is 11.4 Å². The number of carbonyl (C=O) groups excluding carboxylic acids is 2. The number of esters is 1. The molecule has 0 bridgehead atoms. The second-order valence-electron chi connectivity index (χ2n) is 6.33. The first-order chi connectivity index (χ1) is 14.6. The summed E-state index contributed by atoms with van der Waals surface area (Å²) in [5.41, 5.74) is 2.28. The standard InChI is InChI=1S/C21H16FN3O3S2/c22-14-7-5-13(6-8-14)16-12-29-21(24-16)25-18(26)11-28-20(27)10-9-19-23-15-3-1-2-4-17(15)30-19/h1-8,12H,9-11H2,(H,24,25,26). The van der Waals surface area contributed by atoms with Gasteiger partial charge >= 0.3 is 5.97 Å². The lowest BCUT2D eigenvalue weighted by Gasteiger charge is -2.04. The molecule has 0 saturated carbocycles. The molecule has 0 aliphatic rings. The fraction of sp³-hybridized carbons (Fsp3) is 0.143. The summed E-state index contributed by atoms with van der Waals surface area (Å²) in [7, 11) is 0. The molecule has 0 spiro atoms. The number of halogens is 1. The molecule has 0 radical (unpaired) electrons. The number of aryl methyl sites for hydroxylation is 1. The molecule has 2 aromatic carbocycles. The quantitative estimate of drug-likeness (QED) is 0.422. The second kappa shape index (κ2) is 9.10. The zero-order chi connectivity index (χ0) is 20.9. The third kappa shape index (κ3) is 5.05. The van der Waals surface area contributed by atoms with Crippen LogP contribution >= 0.6 is 22.7 Å². The average Bonchev–Trinajstić information content (AvgIpc) is 3.38. The topological polar surface area (TPSA) is 81.2 Å². The molecule has 152 valence electrons. The van der Waals surface area contributed by atoms with Crippen molar-refractivity contribution in [2.45, 2.75) is 12.8 Å². The zero-order valence-corrected chi connectivity index (χ0v) is 17.3. The van der Waals surface area contributed by atoms with E-state index in [0.717, 1.165) is 20.8 Å². The lowest BCUT2D eigenvalue weighted by atomic mass is 10.2. The van der Waals surface area contributed by atoms with E-state index >= 15 is 0 Å². The Morgan fingerprint density at radius 3 is 2.67 bits per heavy atom. The Hall–Kier alpha value is -3.17. The number of thiazole rings is 2. The molecule has 4 rings (SSSR count). The number of carbonyl (C=O) groups is 2. The summed E-state index contributed by atoms with van der Waals surface area (Å²) >= 11 is 2.78. The highest BCUT2D eigenvalue weighted by atomic mass is 32.1. The van der Waals surface area contributed by atoms with E-state index in [1.165, 1.54) is 23.5 Å². The lowest BCUT2D eigenvalue weighted by Crippen LogP contribution is -2.21. The van der Waals surface area contributed by atoms with Gasteiger partial charge in [-0.15, -0.1) is 22.7 Å². The summed E-state index contributed by atoms with van der Waals surface area (Å²) in [6, 6.07) is 13.7. The van der Waals surface area contributed by atoms with Crippen molar-refractivity contribution in [2.24, 2.45) is 0 Å². The number of hydrogen-bond donors (Lipinski definition) is 1. The molecule has 30 heavy (non-hydrogen) atoms. The van der Waals surface area contributed by atoms with Crippen LogP contribution in [0.4, 0.5) is 9.52 Å². The average molecular weight is 442 g/mol. The van der Waals surface area contributed by atoms with Crippen molar-refractivity contribution in [3.8, 4) is 11.3 Å². The highest BCUT2D eigenvalue weighted by Gasteiger charge is 2.12. The molecule has 6 nitrogen and oxygen atoms in total. The van der Waals surface area contributed by atoms with Crippen molar-refractivity contribution < 1.29 is 18.7 Å². The largest absolute Gasteiger partial charge is 0.456 e. The van der Waals surface area contributed by atoms with Crippen LogP contribution in [0.25, 0.3) is 21.5 Å². The summed E-state index contributed by atoms with van der Waals surface area (Å²) in [6.45, 7) is -0.385. The number of benzene rings is 2.